The van der Waals surface area contributed by atoms with Crippen molar-refractivity contribution in [2.45, 2.75) is 24.4 Å². The van der Waals surface area contributed by atoms with E-state index in [0.717, 1.165) is 48.1 Å². The normalized spacial score (nSPS) is 15.4. The smallest absolute Gasteiger partial charge is 0.259 e. The SMILES string of the molecule is COCCn1c(C)cc(O)c([C@@H](c2ccc(SC)cc2)N2CCN(c3ccccn3)CC2)c1=O. The van der Waals surface area contributed by atoms with Gasteiger partial charge in [0.2, 0.25) is 0 Å². The summed E-state index contributed by atoms with van der Waals surface area (Å²) in [7, 11) is 1.62. The number of aromatic hydroxyl groups is 1. The quantitative estimate of drug-likeness (QED) is 0.495. The Bertz CT molecular complexity index is 1140. The molecule has 0 saturated carbocycles. The van der Waals surface area contributed by atoms with Crippen LogP contribution in [0.4, 0.5) is 5.82 Å². The van der Waals surface area contributed by atoms with Gasteiger partial charge in [-0.05, 0) is 49.1 Å². The number of ether oxygens (including phenoxy) is 1. The second-order valence-electron chi connectivity index (χ2n) is 8.42. The van der Waals surface area contributed by atoms with E-state index < -0.39 is 0 Å². The molecule has 0 amide bonds. The van der Waals surface area contributed by atoms with Gasteiger partial charge >= 0.3 is 0 Å². The first-order valence-electron chi connectivity index (χ1n) is 11.5. The molecular formula is C26H32N4O3S. The Labute approximate surface area is 205 Å². The topological polar surface area (TPSA) is 70.8 Å². The number of rotatable bonds is 8. The number of aryl methyl sites for hydroxylation is 1. The lowest BCUT2D eigenvalue weighted by molar-refractivity contribution is 0.183. The summed E-state index contributed by atoms with van der Waals surface area (Å²) in [5, 5.41) is 11.0. The van der Waals surface area contributed by atoms with Gasteiger partial charge in [-0.25, -0.2) is 4.98 Å². The van der Waals surface area contributed by atoms with E-state index in [1.54, 1.807) is 29.5 Å². The van der Waals surface area contributed by atoms with Gasteiger partial charge in [-0.2, -0.15) is 0 Å². The fraction of sp³-hybridized carbons (Fsp3) is 0.385. The molecule has 3 heterocycles. The summed E-state index contributed by atoms with van der Waals surface area (Å²) >= 11 is 1.68. The molecule has 180 valence electrons. The van der Waals surface area contributed by atoms with Crippen molar-refractivity contribution in [2.24, 2.45) is 0 Å². The number of hydrogen-bond donors (Lipinski definition) is 1. The Morgan fingerprint density at radius 1 is 1.12 bits per heavy atom. The van der Waals surface area contributed by atoms with Crippen LogP contribution in [0.15, 0.2) is 64.4 Å². The molecule has 0 unspecified atom stereocenters. The second kappa shape index (κ2) is 11.1. The molecule has 1 aliphatic rings. The van der Waals surface area contributed by atoms with Crippen molar-refractivity contribution in [1.82, 2.24) is 14.5 Å². The molecule has 34 heavy (non-hydrogen) atoms. The second-order valence-corrected chi connectivity index (χ2v) is 9.30. The number of aromatic nitrogens is 2. The number of pyridine rings is 2. The Hall–Kier alpha value is -2.81. The van der Waals surface area contributed by atoms with E-state index in [1.807, 2.05) is 37.6 Å². The molecule has 1 aromatic carbocycles. The predicted octanol–water partition coefficient (Wildman–Crippen LogP) is 3.54. The van der Waals surface area contributed by atoms with Crippen LogP contribution in [-0.4, -0.2) is 65.7 Å². The van der Waals surface area contributed by atoms with E-state index in [-0.39, 0.29) is 17.4 Å². The highest BCUT2D eigenvalue weighted by Gasteiger charge is 2.31. The standard InChI is InChI=1S/C26H32N4O3S/c1-19-18-22(31)24(26(32)30(19)16-17-33-2)25(20-7-9-21(34-3)10-8-20)29-14-12-28(13-15-29)23-6-4-5-11-27-23/h4-11,18,25,31H,12-17H2,1-3H3/t25-/m1/s1. The van der Waals surface area contributed by atoms with Gasteiger partial charge in [0.05, 0.1) is 18.2 Å². The Morgan fingerprint density at radius 3 is 2.47 bits per heavy atom. The monoisotopic (exact) mass is 480 g/mol. The summed E-state index contributed by atoms with van der Waals surface area (Å²) in [5.74, 6) is 1.00. The molecule has 8 heteroatoms. The molecule has 0 bridgehead atoms. The minimum Gasteiger partial charge on any atom is -0.507 e. The first-order valence-corrected chi connectivity index (χ1v) is 12.7. The molecule has 1 aliphatic heterocycles. The molecule has 1 atom stereocenters. The molecule has 1 fully saturated rings. The Morgan fingerprint density at radius 2 is 1.85 bits per heavy atom. The largest absolute Gasteiger partial charge is 0.507 e. The van der Waals surface area contributed by atoms with Gasteiger partial charge in [0, 0.05) is 56.6 Å². The van der Waals surface area contributed by atoms with Crippen LogP contribution in [0.3, 0.4) is 0 Å². The fourth-order valence-electron chi connectivity index (χ4n) is 4.58. The first-order chi connectivity index (χ1) is 16.5. The summed E-state index contributed by atoms with van der Waals surface area (Å²) < 4.78 is 6.92. The van der Waals surface area contributed by atoms with Gasteiger partial charge in [0.25, 0.3) is 5.56 Å². The number of anilines is 1. The van der Waals surface area contributed by atoms with E-state index in [0.29, 0.717) is 18.7 Å². The Kier molecular flexibility index (Phi) is 7.92. The van der Waals surface area contributed by atoms with Crippen LogP contribution in [0.5, 0.6) is 5.75 Å². The van der Waals surface area contributed by atoms with Crippen LogP contribution in [0, 0.1) is 6.92 Å². The molecule has 7 nitrogen and oxygen atoms in total. The maximum atomic E-state index is 13.7. The fourth-order valence-corrected chi connectivity index (χ4v) is 4.99. The summed E-state index contributed by atoms with van der Waals surface area (Å²) in [6.45, 7) is 5.80. The van der Waals surface area contributed by atoms with Crippen molar-refractivity contribution in [3.8, 4) is 5.75 Å². The van der Waals surface area contributed by atoms with Crippen LogP contribution in [0.1, 0.15) is 22.9 Å². The zero-order valence-electron chi connectivity index (χ0n) is 20.0. The van der Waals surface area contributed by atoms with E-state index in [2.05, 4.69) is 39.0 Å². The highest BCUT2D eigenvalue weighted by molar-refractivity contribution is 7.98. The third kappa shape index (κ3) is 5.14. The lowest BCUT2D eigenvalue weighted by Crippen LogP contribution is -2.49. The average molecular weight is 481 g/mol. The maximum Gasteiger partial charge on any atom is 0.259 e. The number of nitrogens with zero attached hydrogens (tertiary/aromatic N) is 4. The maximum absolute atomic E-state index is 13.7. The van der Waals surface area contributed by atoms with Crippen LogP contribution < -0.4 is 10.5 Å². The lowest BCUT2D eigenvalue weighted by atomic mass is 9.96. The highest BCUT2D eigenvalue weighted by atomic mass is 32.2. The van der Waals surface area contributed by atoms with E-state index in [9.17, 15) is 9.90 Å². The van der Waals surface area contributed by atoms with Crippen molar-refractivity contribution in [2.75, 3.05) is 51.1 Å². The molecule has 1 saturated heterocycles. The predicted molar refractivity (Wildman–Crippen MR) is 137 cm³/mol. The third-order valence-electron chi connectivity index (χ3n) is 6.40. The minimum atomic E-state index is -0.344. The molecular weight excluding hydrogens is 448 g/mol. The van der Waals surface area contributed by atoms with Crippen molar-refractivity contribution in [3.63, 3.8) is 0 Å². The van der Waals surface area contributed by atoms with Gasteiger partial charge in [0.1, 0.15) is 11.6 Å². The molecule has 2 aromatic heterocycles. The average Bonchev–Trinajstić information content (AvgIpc) is 2.87. The zero-order valence-corrected chi connectivity index (χ0v) is 20.8. The van der Waals surface area contributed by atoms with Crippen LogP contribution in [0.2, 0.25) is 0 Å². The first kappa shape index (κ1) is 24.3. The van der Waals surface area contributed by atoms with Crippen LogP contribution in [0.25, 0.3) is 0 Å². The summed E-state index contributed by atoms with van der Waals surface area (Å²) in [6, 6.07) is 15.6. The Balaban J connectivity index is 1.72. The summed E-state index contributed by atoms with van der Waals surface area (Å²) in [6.07, 6.45) is 3.86. The highest BCUT2D eigenvalue weighted by Crippen LogP contribution is 2.34. The van der Waals surface area contributed by atoms with Crippen molar-refractivity contribution in [1.29, 1.82) is 0 Å². The van der Waals surface area contributed by atoms with Gasteiger partial charge in [-0.3, -0.25) is 9.69 Å². The zero-order chi connectivity index (χ0) is 24.1. The molecule has 1 N–H and O–H groups in total. The number of piperazine rings is 1. The molecule has 0 radical (unpaired) electrons. The molecule has 0 spiro atoms. The van der Waals surface area contributed by atoms with E-state index in [4.69, 9.17) is 4.74 Å². The molecule has 4 rings (SSSR count). The molecule has 3 aromatic rings. The number of methoxy groups -OCH3 is 1. The number of thioether (sulfide) groups is 1. The minimum absolute atomic E-state index is 0.0438. The lowest BCUT2D eigenvalue weighted by Gasteiger charge is -2.40. The van der Waals surface area contributed by atoms with Crippen molar-refractivity contribution in [3.05, 3.63) is 81.9 Å². The van der Waals surface area contributed by atoms with Crippen LogP contribution in [-0.2, 0) is 11.3 Å². The summed E-state index contributed by atoms with van der Waals surface area (Å²) in [5.41, 5.74) is 1.98. The van der Waals surface area contributed by atoms with Gasteiger partial charge in [-0.1, -0.05) is 18.2 Å². The molecule has 0 aliphatic carbocycles. The van der Waals surface area contributed by atoms with Gasteiger partial charge in [-0.15, -0.1) is 11.8 Å². The summed E-state index contributed by atoms with van der Waals surface area (Å²) in [4.78, 5) is 23.9. The van der Waals surface area contributed by atoms with Gasteiger partial charge < -0.3 is 19.3 Å². The number of benzene rings is 1. The van der Waals surface area contributed by atoms with Gasteiger partial charge in [0.15, 0.2) is 0 Å². The van der Waals surface area contributed by atoms with E-state index >= 15 is 0 Å². The van der Waals surface area contributed by atoms with Crippen molar-refractivity contribution < 1.29 is 9.84 Å². The number of hydrogen-bond acceptors (Lipinski definition) is 7. The van der Waals surface area contributed by atoms with Crippen molar-refractivity contribution >= 4 is 17.6 Å². The third-order valence-corrected chi connectivity index (χ3v) is 7.14. The van der Waals surface area contributed by atoms with E-state index in [1.165, 1.54) is 0 Å². The van der Waals surface area contributed by atoms with Crippen LogP contribution >= 0.6 is 11.8 Å².